The Kier molecular flexibility index (Phi) is 5.12. The SMILES string of the molecule is O=c1[nH]c(O)c(C=c2cnn3c(=NC4CC4)nc(NCc4ccccc4C4CCCC4)nc23)[nH]1. The quantitative estimate of drug-likeness (QED) is 0.347. The molecule has 10 nitrogen and oxygen atoms in total. The molecule has 0 bridgehead atoms. The molecular formula is C24H26N8O2. The van der Waals surface area contributed by atoms with Gasteiger partial charge in [-0.25, -0.2) is 9.79 Å². The van der Waals surface area contributed by atoms with Crippen LogP contribution in [0, 0.1) is 0 Å². The summed E-state index contributed by atoms with van der Waals surface area (Å²) in [6.45, 7) is 0.616. The van der Waals surface area contributed by atoms with E-state index in [0.717, 1.165) is 12.8 Å². The minimum Gasteiger partial charge on any atom is -0.493 e. The minimum absolute atomic E-state index is 0.233. The molecule has 3 aromatic heterocycles. The summed E-state index contributed by atoms with van der Waals surface area (Å²) in [5.41, 5.74) is 3.48. The van der Waals surface area contributed by atoms with Crippen molar-refractivity contribution in [1.29, 1.82) is 0 Å². The van der Waals surface area contributed by atoms with E-state index >= 15 is 0 Å². The fourth-order valence-corrected chi connectivity index (χ4v) is 4.66. The van der Waals surface area contributed by atoms with Crippen LogP contribution in [-0.2, 0) is 6.54 Å². The Balaban J connectivity index is 1.39. The maximum Gasteiger partial charge on any atom is 0.326 e. The summed E-state index contributed by atoms with van der Waals surface area (Å²) in [7, 11) is 0. The average Bonchev–Trinajstić information content (AvgIpc) is 3.20. The lowest BCUT2D eigenvalue weighted by Gasteiger charge is -2.15. The lowest BCUT2D eigenvalue weighted by molar-refractivity contribution is 0.454. The first-order valence-corrected chi connectivity index (χ1v) is 11.8. The van der Waals surface area contributed by atoms with E-state index in [2.05, 4.69) is 49.6 Å². The predicted molar refractivity (Wildman–Crippen MR) is 126 cm³/mol. The Bertz CT molecular complexity index is 1520. The van der Waals surface area contributed by atoms with Crippen molar-refractivity contribution in [1.82, 2.24) is 29.5 Å². The minimum atomic E-state index is -0.484. The van der Waals surface area contributed by atoms with Crippen molar-refractivity contribution >= 4 is 17.7 Å². The highest BCUT2D eigenvalue weighted by Crippen LogP contribution is 2.35. The molecule has 2 fully saturated rings. The molecule has 0 spiro atoms. The van der Waals surface area contributed by atoms with Gasteiger partial charge in [0, 0.05) is 11.8 Å². The zero-order valence-electron chi connectivity index (χ0n) is 18.7. The van der Waals surface area contributed by atoms with Crippen molar-refractivity contribution in [2.24, 2.45) is 4.99 Å². The number of nitrogens with zero attached hydrogens (tertiary/aromatic N) is 5. The molecule has 174 valence electrons. The number of aromatic hydroxyl groups is 1. The van der Waals surface area contributed by atoms with Gasteiger partial charge in [-0.3, -0.25) is 4.98 Å². The van der Waals surface area contributed by atoms with Gasteiger partial charge in [0.25, 0.3) is 5.62 Å². The fraction of sp³-hybridized carbons (Fsp3) is 0.375. The Morgan fingerprint density at radius 2 is 1.97 bits per heavy atom. The largest absolute Gasteiger partial charge is 0.493 e. The average molecular weight is 459 g/mol. The standard InChI is InChI=1S/C24H26N8O2/c33-21-19(28-24(34)30-21)11-16-13-26-32-20(16)29-22(31-23(32)27-17-9-10-17)25-12-15-7-3-4-8-18(15)14-5-1-2-6-14/h3-4,7-8,11,13-14,17,33H,1-2,5-6,9-10,12H2,(H,25,27,31)(H2,28,30,34). The van der Waals surface area contributed by atoms with Gasteiger partial charge in [0.1, 0.15) is 5.69 Å². The van der Waals surface area contributed by atoms with Gasteiger partial charge >= 0.3 is 5.69 Å². The number of anilines is 1. The third-order valence-corrected chi connectivity index (χ3v) is 6.55. The zero-order valence-corrected chi connectivity index (χ0v) is 18.7. The second-order valence-corrected chi connectivity index (χ2v) is 9.06. The summed E-state index contributed by atoms with van der Waals surface area (Å²) in [5.74, 6) is 0.854. The van der Waals surface area contributed by atoms with Crippen LogP contribution >= 0.6 is 0 Å². The van der Waals surface area contributed by atoms with Crippen LogP contribution in [0.2, 0.25) is 0 Å². The van der Waals surface area contributed by atoms with E-state index in [9.17, 15) is 9.90 Å². The number of aromatic amines is 2. The van der Waals surface area contributed by atoms with Gasteiger partial charge in [-0.1, -0.05) is 37.1 Å². The number of aromatic nitrogens is 6. The van der Waals surface area contributed by atoms with Crippen LogP contribution in [0.4, 0.5) is 5.95 Å². The van der Waals surface area contributed by atoms with Gasteiger partial charge in [-0.05, 0) is 48.8 Å². The number of H-pyrrole nitrogens is 2. The molecule has 2 aliphatic carbocycles. The summed E-state index contributed by atoms with van der Waals surface area (Å²) in [4.78, 5) is 30.5. The van der Waals surface area contributed by atoms with E-state index in [-0.39, 0.29) is 17.6 Å². The Labute approximate surface area is 194 Å². The molecule has 4 aromatic rings. The van der Waals surface area contributed by atoms with Crippen molar-refractivity contribution in [2.45, 2.75) is 57.0 Å². The van der Waals surface area contributed by atoms with Crippen molar-refractivity contribution in [3.05, 3.63) is 68.6 Å². The lowest BCUT2D eigenvalue weighted by Crippen LogP contribution is -2.25. The van der Waals surface area contributed by atoms with Crippen LogP contribution in [0.15, 0.2) is 40.2 Å². The summed E-state index contributed by atoms with van der Waals surface area (Å²) in [5, 5.41) is 18.4. The smallest absolute Gasteiger partial charge is 0.326 e. The van der Waals surface area contributed by atoms with E-state index in [1.807, 2.05) is 0 Å². The van der Waals surface area contributed by atoms with Crippen LogP contribution in [0.5, 0.6) is 5.88 Å². The molecule has 0 amide bonds. The topological polar surface area (TPSA) is 136 Å². The van der Waals surface area contributed by atoms with Crippen LogP contribution in [0.3, 0.4) is 0 Å². The maximum absolute atomic E-state index is 11.5. The highest BCUT2D eigenvalue weighted by atomic mass is 16.3. The number of fused-ring (bicyclic) bond motifs is 1. The molecule has 0 aliphatic heterocycles. The Morgan fingerprint density at radius 1 is 1.15 bits per heavy atom. The molecular weight excluding hydrogens is 432 g/mol. The molecule has 0 unspecified atom stereocenters. The number of rotatable bonds is 6. The highest BCUT2D eigenvalue weighted by molar-refractivity contribution is 5.57. The fourth-order valence-electron chi connectivity index (χ4n) is 4.66. The van der Waals surface area contributed by atoms with E-state index in [4.69, 9.17) is 9.98 Å². The molecule has 10 heteroatoms. The number of imidazole rings is 1. The van der Waals surface area contributed by atoms with Crippen molar-refractivity contribution in [2.75, 3.05) is 5.32 Å². The molecule has 34 heavy (non-hydrogen) atoms. The summed E-state index contributed by atoms with van der Waals surface area (Å²) in [6.07, 6.45) is 10.4. The van der Waals surface area contributed by atoms with Gasteiger partial charge < -0.3 is 15.4 Å². The van der Waals surface area contributed by atoms with Crippen LogP contribution in [-0.4, -0.2) is 40.7 Å². The van der Waals surface area contributed by atoms with Gasteiger partial charge in [0.15, 0.2) is 5.65 Å². The van der Waals surface area contributed by atoms with Crippen molar-refractivity contribution < 1.29 is 5.11 Å². The van der Waals surface area contributed by atoms with Crippen LogP contribution in [0.25, 0.3) is 11.7 Å². The van der Waals surface area contributed by atoms with E-state index < -0.39 is 5.69 Å². The molecule has 2 saturated carbocycles. The highest BCUT2D eigenvalue weighted by Gasteiger charge is 2.21. The molecule has 4 N–H and O–H groups in total. The molecule has 0 radical (unpaired) electrons. The number of benzene rings is 1. The third kappa shape index (κ3) is 4.07. The van der Waals surface area contributed by atoms with Gasteiger partial charge in [0.2, 0.25) is 11.8 Å². The zero-order chi connectivity index (χ0) is 23.1. The van der Waals surface area contributed by atoms with Crippen molar-refractivity contribution in [3.8, 4) is 5.88 Å². The molecule has 1 aromatic carbocycles. The summed E-state index contributed by atoms with van der Waals surface area (Å²) >= 11 is 0. The second kappa shape index (κ2) is 8.44. The first-order chi connectivity index (χ1) is 16.6. The number of hydrogen-bond acceptors (Lipinski definition) is 7. The van der Waals surface area contributed by atoms with Gasteiger partial charge in [0.05, 0.1) is 12.2 Å². The first kappa shape index (κ1) is 20.6. The monoisotopic (exact) mass is 458 g/mol. The lowest BCUT2D eigenvalue weighted by atomic mass is 9.93. The number of hydrogen-bond donors (Lipinski definition) is 4. The van der Waals surface area contributed by atoms with Gasteiger partial charge in [-0.15, -0.1) is 0 Å². The molecule has 2 aliphatic rings. The van der Waals surface area contributed by atoms with Crippen LogP contribution < -0.4 is 21.8 Å². The van der Waals surface area contributed by atoms with Gasteiger partial charge in [-0.2, -0.15) is 19.6 Å². The van der Waals surface area contributed by atoms with Crippen LogP contribution in [0.1, 0.15) is 61.3 Å². The van der Waals surface area contributed by atoms with E-state index in [1.165, 1.54) is 36.8 Å². The molecule has 6 rings (SSSR count). The Morgan fingerprint density at radius 3 is 2.74 bits per heavy atom. The van der Waals surface area contributed by atoms with E-state index in [1.54, 1.807) is 16.8 Å². The second-order valence-electron chi connectivity index (χ2n) is 9.06. The number of nitrogens with one attached hydrogen (secondary N) is 3. The summed E-state index contributed by atoms with van der Waals surface area (Å²) < 4.78 is 1.60. The Hall–Kier alpha value is -3.95. The normalized spacial score (nSPS) is 17.8. The predicted octanol–water partition coefficient (Wildman–Crippen LogP) is 1.73. The first-order valence-electron chi connectivity index (χ1n) is 11.8. The third-order valence-electron chi connectivity index (χ3n) is 6.55. The molecule has 0 saturated heterocycles. The maximum atomic E-state index is 11.5. The molecule has 0 atom stereocenters. The molecule has 3 heterocycles. The van der Waals surface area contributed by atoms with Crippen molar-refractivity contribution in [3.63, 3.8) is 0 Å². The summed E-state index contributed by atoms with van der Waals surface area (Å²) in [6, 6.07) is 8.84. The van der Waals surface area contributed by atoms with E-state index in [0.29, 0.717) is 34.9 Å².